The van der Waals surface area contributed by atoms with Crippen molar-refractivity contribution in [3.05, 3.63) is 6.42 Å². The fourth-order valence-corrected chi connectivity index (χ4v) is 19.2. The van der Waals surface area contributed by atoms with Gasteiger partial charge < -0.3 is 48.3 Å². The molecule has 0 amide bonds. The summed E-state index contributed by atoms with van der Waals surface area (Å²) in [5.41, 5.74) is 1.20. The van der Waals surface area contributed by atoms with Gasteiger partial charge >= 0.3 is 23.1 Å². The number of rotatable bonds is 11. The van der Waals surface area contributed by atoms with Crippen LogP contribution in [0.2, 0.25) is 0 Å². The average molecular weight is 1040 g/mol. The topological polar surface area (TPSA) is 87.0 Å². The van der Waals surface area contributed by atoms with Gasteiger partial charge in [-0.25, -0.2) is 0 Å². The molecule has 1 unspecified atom stereocenters. The SMILES string of the molecule is C1CCOC1.CC[C@]1(O)CC[C@@]2(C)[C@@H](CC[C@@H]3[C@@H]2CC[C@]2(C)[C@@H]([C@H](C)CCC(O)C(C)C)CC[C@@H]32)C1.CC[C@]1(O)CC[C@@]2(C)[C@@H](CC[C@@H]3[C@@H]2CC[C@]2(C)[C@@H]([C@H](C)CCC=O)CC[C@@H]32)C1.C[CH-]C.[Br-].[Mg+2]. The van der Waals surface area contributed by atoms with Crippen LogP contribution in [-0.2, 0) is 9.53 Å². The quantitative estimate of drug-likeness (QED) is 0.109. The number of aliphatic hydroxyl groups is 3. The molecule has 0 aromatic rings. The largest absolute Gasteiger partial charge is 2.00 e. The molecule has 19 atom stereocenters. The molecule has 9 fully saturated rings. The van der Waals surface area contributed by atoms with Crippen LogP contribution in [0.25, 0.3) is 0 Å². The van der Waals surface area contributed by atoms with E-state index in [0.29, 0.717) is 33.5 Å². The molecule has 0 aromatic heterocycles. The zero-order valence-corrected chi connectivity index (χ0v) is 50.3. The van der Waals surface area contributed by atoms with Crippen LogP contribution in [0, 0.1) is 105 Å². The molecule has 8 saturated carbocycles. The number of carbonyl (C=O) groups is 1. The summed E-state index contributed by atoms with van der Waals surface area (Å²) in [5, 5.41) is 32.3. The van der Waals surface area contributed by atoms with Crippen molar-refractivity contribution < 1.29 is 41.8 Å². The zero-order valence-electron chi connectivity index (χ0n) is 47.3. The first-order valence-electron chi connectivity index (χ1n) is 29.6. The fraction of sp³-hybridized carbons (Fsp3) is 0.968. The van der Waals surface area contributed by atoms with Crippen LogP contribution >= 0.6 is 0 Å². The van der Waals surface area contributed by atoms with Crippen molar-refractivity contribution in [1.29, 1.82) is 0 Å². The molecule has 0 spiro atoms. The van der Waals surface area contributed by atoms with Crippen LogP contribution in [0.3, 0.4) is 0 Å². The Labute approximate surface area is 453 Å². The van der Waals surface area contributed by atoms with Gasteiger partial charge in [0.25, 0.3) is 0 Å². The second-order valence-electron chi connectivity index (χ2n) is 27.3. The molecule has 69 heavy (non-hydrogen) atoms. The predicted molar refractivity (Wildman–Crippen MR) is 286 cm³/mol. The molecule has 8 aliphatic carbocycles. The Morgan fingerprint density at radius 1 is 0.580 bits per heavy atom. The van der Waals surface area contributed by atoms with E-state index in [2.05, 4.69) is 69.2 Å². The summed E-state index contributed by atoms with van der Waals surface area (Å²) in [6.07, 6.45) is 34.9. The maximum atomic E-state index is 11.0. The summed E-state index contributed by atoms with van der Waals surface area (Å²) in [5.74, 6) is 10.4. The van der Waals surface area contributed by atoms with E-state index in [1.807, 2.05) is 20.3 Å². The number of aliphatic hydroxyl groups excluding tert-OH is 1. The Morgan fingerprint density at radius 2 is 0.986 bits per heavy atom. The van der Waals surface area contributed by atoms with E-state index in [0.717, 1.165) is 142 Å². The minimum Gasteiger partial charge on any atom is -1.00 e. The Hall–Kier alpha value is 0.756. The van der Waals surface area contributed by atoms with Crippen molar-refractivity contribution in [2.75, 3.05) is 13.2 Å². The minimum absolute atomic E-state index is 0. The molecule has 398 valence electrons. The molecule has 1 saturated heterocycles. The molecule has 1 heterocycles. The van der Waals surface area contributed by atoms with Gasteiger partial charge in [0.1, 0.15) is 6.29 Å². The molecular weight excluding hydrogens is 929 g/mol. The average Bonchev–Trinajstić information content (AvgIpc) is 4.09. The molecule has 1 aliphatic heterocycles. The van der Waals surface area contributed by atoms with Gasteiger partial charge in [-0.2, -0.15) is 13.8 Å². The third-order valence-electron chi connectivity index (χ3n) is 23.7. The first kappa shape index (κ1) is 62.3. The van der Waals surface area contributed by atoms with Gasteiger partial charge in [-0.3, -0.25) is 0 Å². The second-order valence-corrected chi connectivity index (χ2v) is 27.3. The molecule has 7 heteroatoms. The van der Waals surface area contributed by atoms with Crippen molar-refractivity contribution in [3.63, 3.8) is 0 Å². The number of ether oxygens (including phenoxy) is 1. The van der Waals surface area contributed by atoms with Crippen molar-refractivity contribution >= 4 is 29.3 Å². The van der Waals surface area contributed by atoms with Crippen LogP contribution in [-0.4, -0.2) is 75.2 Å². The Kier molecular flexibility index (Phi) is 23.7. The number of hydrogen-bond donors (Lipinski definition) is 3. The molecule has 0 aromatic carbocycles. The van der Waals surface area contributed by atoms with E-state index in [4.69, 9.17) is 4.74 Å². The monoisotopic (exact) mass is 1040 g/mol. The molecule has 0 bridgehead atoms. The number of fused-ring (bicyclic) bond motifs is 10. The van der Waals surface area contributed by atoms with Gasteiger partial charge in [-0.05, 0) is 259 Å². The third-order valence-corrected chi connectivity index (χ3v) is 23.7. The summed E-state index contributed by atoms with van der Waals surface area (Å²) < 4.78 is 4.94. The smallest absolute Gasteiger partial charge is 1.00 e. The maximum Gasteiger partial charge on any atom is 2.00 e. The Bertz CT molecular complexity index is 1530. The standard InChI is InChI=1S/C29H52O2.C26H44O2.C4H8O.C3H7.BrH.Mg/c1-7-29(31)17-16-27(5)21(18-29)9-10-22-24-12-11-23(28(24,6)15-14-25(22)27)20(4)8-13-26(30)19(2)3;1-5-26(28)15-14-24(3)19(17-26)8-9-20-22-11-10-21(18(2)7-6-16-27)25(22,4)13-12-23(20)24;1-2-4-5-3-1;1-3-2;;/h19-26,30-31H,7-18H2,1-6H3;16,18-23,28H,5-15,17H2,1-4H3;1-4H2;3H,1-2H3;1H;/q;;;-1;;+2/p-1/t20-,21+,22+,23-,24+,25+,26?,27+,28-,29+;18-,19+,20+,21-,22+,23+,24+,25-,26+;;;;/m11..../s1. The molecular formula is C62H111BrMgO5. The maximum absolute atomic E-state index is 11.0. The number of halogens is 1. The predicted octanol–water partition coefficient (Wildman–Crippen LogP) is 12.3. The van der Waals surface area contributed by atoms with Crippen LogP contribution in [0.4, 0.5) is 0 Å². The summed E-state index contributed by atoms with van der Waals surface area (Å²) >= 11 is 0. The normalized spacial score (nSPS) is 45.1. The van der Waals surface area contributed by atoms with E-state index in [1.54, 1.807) is 0 Å². The van der Waals surface area contributed by atoms with Crippen LogP contribution in [0.5, 0.6) is 0 Å². The Morgan fingerprint density at radius 3 is 1.35 bits per heavy atom. The van der Waals surface area contributed by atoms with Gasteiger partial charge in [0, 0.05) is 19.6 Å². The van der Waals surface area contributed by atoms with Crippen molar-refractivity contribution in [2.24, 2.45) is 98.6 Å². The summed E-state index contributed by atoms with van der Waals surface area (Å²) in [6, 6.07) is 0. The zero-order chi connectivity index (χ0) is 49.0. The van der Waals surface area contributed by atoms with E-state index >= 15 is 0 Å². The molecule has 5 nitrogen and oxygen atoms in total. The first-order chi connectivity index (χ1) is 31.7. The van der Waals surface area contributed by atoms with Crippen LogP contribution in [0.15, 0.2) is 0 Å². The number of aldehydes is 1. The van der Waals surface area contributed by atoms with Gasteiger partial charge in [0.15, 0.2) is 0 Å². The minimum atomic E-state index is -0.382. The molecule has 3 N–H and O–H groups in total. The molecule has 9 rings (SSSR count). The van der Waals surface area contributed by atoms with Crippen molar-refractivity contribution in [1.82, 2.24) is 0 Å². The summed E-state index contributed by atoms with van der Waals surface area (Å²) in [7, 11) is 0. The fourth-order valence-electron chi connectivity index (χ4n) is 19.2. The number of hydrogen-bond acceptors (Lipinski definition) is 5. The van der Waals surface area contributed by atoms with Gasteiger partial charge in [-0.15, -0.1) is 0 Å². The molecule has 0 radical (unpaired) electrons. The van der Waals surface area contributed by atoms with E-state index < -0.39 is 0 Å². The third kappa shape index (κ3) is 13.1. The van der Waals surface area contributed by atoms with E-state index in [1.165, 1.54) is 109 Å². The molecule has 9 aliphatic rings. The first-order valence-corrected chi connectivity index (χ1v) is 29.6. The van der Waals surface area contributed by atoms with E-state index in [9.17, 15) is 20.1 Å². The van der Waals surface area contributed by atoms with Crippen molar-refractivity contribution in [3.8, 4) is 0 Å². The van der Waals surface area contributed by atoms with Crippen LogP contribution < -0.4 is 17.0 Å². The van der Waals surface area contributed by atoms with Crippen LogP contribution in [0.1, 0.15) is 250 Å². The summed E-state index contributed by atoms with van der Waals surface area (Å²) in [4.78, 5) is 10.9. The van der Waals surface area contributed by atoms with Gasteiger partial charge in [0.05, 0.1) is 17.3 Å². The summed E-state index contributed by atoms with van der Waals surface area (Å²) in [6.45, 7) is 30.0. The van der Waals surface area contributed by atoms with E-state index in [-0.39, 0.29) is 57.3 Å². The van der Waals surface area contributed by atoms with Crippen molar-refractivity contribution in [2.45, 2.75) is 267 Å². The van der Waals surface area contributed by atoms with Gasteiger partial charge in [-0.1, -0.05) is 69.2 Å². The second kappa shape index (κ2) is 26.2. The van der Waals surface area contributed by atoms with Gasteiger partial charge in [0.2, 0.25) is 0 Å². The Balaban J connectivity index is 0.000000253. The number of carbonyl (C=O) groups excluding carboxylic acids is 1.